The highest BCUT2D eigenvalue weighted by Gasteiger charge is 2.21. The minimum atomic E-state index is -3.89. The van der Waals surface area contributed by atoms with Gasteiger partial charge in [0.1, 0.15) is 0 Å². The lowest BCUT2D eigenvalue weighted by atomic mass is 10.0. The summed E-state index contributed by atoms with van der Waals surface area (Å²) < 4.78 is 32.4. The lowest BCUT2D eigenvalue weighted by Crippen LogP contribution is -2.20. The van der Waals surface area contributed by atoms with Gasteiger partial charge in [0.25, 0.3) is 10.1 Å². The Morgan fingerprint density at radius 3 is 1.40 bits per heavy atom. The van der Waals surface area contributed by atoms with E-state index in [9.17, 15) is 18.1 Å². The maximum Gasteiger partial charge on any atom is 0.267 e. The molecule has 0 rings (SSSR count). The van der Waals surface area contributed by atoms with Crippen LogP contribution >= 0.6 is 0 Å². The van der Waals surface area contributed by atoms with Crippen LogP contribution in [0.2, 0.25) is 0 Å². The van der Waals surface area contributed by atoms with Gasteiger partial charge in [-0.2, -0.15) is 8.42 Å². The minimum absolute atomic E-state index is 0.178. The van der Waals surface area contributed by atoms with Crippen molar-refractivity contribution in [1.82, 2.24) is 0 Å². The van der Waals surface area contributed by atoms with Crippen LogP contribution in [-0.2, 0) is 10.1 Å². The summed E-state index contributed by atoms with van der Waals surface area (Å²) in [6.07, 6.45) is 16.4. The van der Waals surface area contributed by atoms with Gasteiger partial charge in [-0.25, -0.2) is 0 Å². The molecule has 152 valence electrons. The molecule has 0 aliphatic carbocycles. The van der Waals surface area contributed by atoms with E-state index in [0.717, 1.165) is 51.4 Å². The van der Waals surface area contributed by atoms with Gasteiger partial charge < -0.3 is 5.11 Å². The number of unbranched alkanes of at least 4 members (excludes halogenated alkanes) is 11. The van der Waals surface area contributed by atoms with Crippen molar-refractivity contribution in [2.75, 3.05) is 0 Å². The van der Waals surface area contributed by atoms with Crippen molar-refractivity contribution in [3.8, 4) is 0 Å². The van der Waals surface area contributed by atoms with Crippen molar-refractivity contribution >= 4 is 10.1 Å². The molecule has 0 bridgehead atoms. The fourth-order valence-corrected chi connectivity index (χ4v) is 4.22. The molecule has 0 aliphatic rings. The summed E-state index contributed by atoms with van der Waals surface area (Å²) >= 11 is 0. The van der Waals surface area contributed by atoms with Crippen molar-refractivity contribution in [2.24, 2.45) is 0 Å². The highest BCUT2D eigenvalue weighted by atomic mass is 32.2. The van der Waals surface area contributed by atoms with E-state index < -0.39 is 15.4 Å². The summed E-state index contributed by atoms with van der Waals surface area (Å²) in [5.41, 5.74) is 0. The third-order valence-corrected chi connectivity index (χ3v) is 6.26. The van der Waals surface area contributed by atoms with E-state index in [4.69, 9.17) is 0 Å². The van der Waals surface area contributed by atoms with Crippen molar-refractivity contribution in [3.63, 3.8) is 0 Å². The Labute approximate surface area is 156 Å². The van der Waals surface area contributed by atoms with Crippen LogP contribution in [0.1, 0.15) is 117 Å². The van der Waals surface area contributed by atoms with Gasteiger partial charge in [0.2, 0.25) is 0 Å². The SMILES string of the molecule is CCCCCCCC(CCCCCCCCCCC(C)O)S(=O)(=O)O. The first-order chi connectivity index (χ1) is 11.9. The molecule has 0 aromatic rings. The predicted molar refractivity (Wildman–Crippen MR) is 107 cm³/mol. The molecule has 5 heteroatoms. The van der Waals surface area contributed by atoms with E-state index in [0.29, 0.717) is 12.8 Å². The molecule has 0 aromatic carbocycles. The Morgan fingerprint density at radius 1 is 0.680 bits per heavy atom. The second kappa shape index (κ2) is 16.1. The summed E-state index contributed by atoms with van der Waals surface area (Å²) in [6.45, 7) is 4.00. The molecule has 0 spiro atoms. The topological polar surface area (TPSA) is 74.6 Å². The molecule has 4 nitrogen and oxygen atoms in total. The Hall–Kier alpha value is -0.130. The van der Waals surface area contributed by atoms with Crippen LogP contribution < -0.4 is 0 Å². The second-order valence-corrected chi connectivity index (χ2v) is 9.29. The second-order valence-electron chi connectivity index (χ2n) is 7.59. The average Bonchev–Trinajstić information content (AvgIpc) is 2.53. The number of rotatable bonds is 18. The van der Waals surface area contributed by atoms with Crippen molar-refractivity contribution in [2.45, 2.75) is 128 Å². The van der Waals surface area contributed by atoms with Crippen LogP contribution in [0.3, 0.4) is 0 Å². The zero-order chi connectivity index (χ0) is 19.0. The van der Waals surface area contributed by atoms with Gasteiger partial charge in [-0.3, -0.25) is 4.55 Å². The van der Waals surface area contributed by atoms with Crippen molar-refractivity contribution in [3.05, 3.63) is 0 Å². The number of hydrogen-bond acceptors (Lipinski definition) is 3. The van der Waals surface area contributed by atoms with E-state index in [1.807, 2.05) is 6.92 Å². The monoisotopic (exact) mass is 378 g/mol. The molecular formula is C20H42O4S. The molecule has 2 atom stereocenters. The smallest absolute Gasteiger partial charge is 0.267 e. The Morgan fingerprint density at radius 2 is 1.04 bits per heavy atom. The molecule has 0 aliphatic heterocycles. The molecular weight excluding hydrogens is 336 g/mol. The maximum atomic E-state index is 11.5. The number of hydrogen-bond donors (Lipinski definition) is 2. The lowest BCUT2D eigenvalue weighted by Gasteiger charge is -2.13. The minimum Gasteiger partial charge on any atom is -0.393 e. The fourth-order valence-electron chi connectivity index (χ4n) is 3.29. The molecule has 2 N–H and O–H groups in total. The largest absolute Gasteiger partial charge is 0.393 e. The van der Waals surface area contributed by atoms with E-state index in [1.54, 1.807) is 0 Å². The molecule has 0 saturated carbocycles. The first kappa shape index (κ1) is 24.9. The molecule has 0 saturated heterocycles. The normalized spacial score (nSPS) is 14.6. The van der Waals surface area contributed by atoms with Gasteiger partial charge in [0.15, 0.2) is 0 Å². The van der Waals surface area contributed by atoms with Crippen molar-refractivity contribution in [1.29, 1.82) is 0 Å². The van der Waals surface area contributed by atoms with Gasteiger partial charge in [-0.05, 0) is 26.2 Å². The third-order valence-electron chi connectivity index (χ3n) is 4.95. The van der Waals surface area contributed by atoms with Gasteiger partial charge in [0.05, 0.1) is 11.4 Å². The van der Waals surface area contributed by atoms with Gasteiger partial charge in [0, 0.05) is 0 Å². The van der Waals surface area contributed by atoms with Crippen LogP contribution in [0.15, 0.2) is 0 Å². The average molecular weight is 379 g/mol. The summed E-state index contributed by atoms with van der Waals surface area (Å²) in [4.78, 5) is 0. The molecule has 0 aromatic heterocycles. The van der Waals surface area contributed by atoms with Crippen LogP contribution in [0.4, 0.5) is 0 Å². The zero-order valence-corrected chi connectivity index (χ0v) is 17.4. The highest BCUT2D eigenvalue weighted by Crippen LogP contribution is 2.19. The van der Waals surface area contributed by atoms with Crippen molar-refractivity contribution < 1.29 is 18.1 Å². The van der Waals surface area contributed by atoms with Crippen LogP contribution in [0.5, 0.6) is 0 Å². The standard InChI is InChI=1S/C20H42O4S/c1-3-4-5-10-14-17-20(25(22,23)24)18-15-12-9-7-6-8-11-13-16-19(2)21/h19-21H,3-18H2,1-2H3,(H,22,23,24). The molecule has 0 heterocycles. The molecule has 0 radical (unpaired) electrons. The van der Waals surface area contributed by atoms with Gasteiger partial charge >= 0.3 is 0 Å². The van der Waals surface area contributed by atoms with Gasteiger partial charge in [-0.15, -0.1) is 0 Å². The van der Waals surface area contributed by atoms with Gasteiger partial charge in [-0.1, -0.05) is 90.4 Å². The summed E-state index contributed by atoms with van der Waals surface area (Å²) in [5, 5.41) is 8.63. The van der Waals surface area contributed by atoms with Crippen LogP contribution in [0.25, 0.3) is 0 Å². The predicted octanol–water partition coefficient (Wildman–Crippen LogP) is 5.89. The Kier molecular flexibility index (Phi) is 16.0. The fraction of sp³-hybridized carbons (Fsp3) is 1.00. The summed E-state index contributed by atoms with van der Waals surface area (Å²) in [7, 11) is -3.89. The third kappa shape index (κ3) is 17.1. The number of aliphatic hydroxyl groups is 1. The first-order valence-electron chi connectivity index (χ1n) is 10.5. The molecule has 0 amide bonds. The first-order valence-corrected chi connectivity index (χ1v) is 12.0. The van der Waals surface area contributed by atoms with E-state index >= 15 is 0 Å². The molecule has 25 heavy (non-hydrogen) atoms. The van der Waals surface area contributed by atoms with Crippen LogP contribution in [-0.4, -0.2) is 29.4 Å². The summed E-state index contributed by atoms with van der Waals surface area (Å²) in [5.74, 6) is 0. The van der Waals surface area contributed by atoms with E-state index in [1.165, 1.54) is 38.5 Å². The Balaban J connectivity index is 3.65. The maximum absolute atomic E-state index is 11.5. The van der Waals surface area contributed by atoms with E-state index in [2.05, 4.69) is 6.92 Å². The number of aliphatic hydroxyl groups excluding tert-OH is 1. The van der Waals surface area contributed by atoms with Crippen LogP contribution in [0, 0.1) is 0 Å². The summed E-state index contributed by atoms with van der Waals surface area (Å²) in [6, 6.07) is 0. The highest BCUT2D eigenvalue weighted by molar-refractivity contribution is 7.86. The molecule has 2 unspecified atom stereocenters. The Bertz CT molecular complexity index is 379. The van der Waals surface area contributed by atoms with E-state index in [-0.39, 0.29) is 6.10 Å². The lowest BCUT2D eigenvalue weighted by molar-refractivity contribution is 0.180. The quantitative estimate of drug-likeness (QED) is 0.230. The zero-order valence-electron chi connectivity index (χ0n) is 16.6. The molecule has 0 fully saturated rings.